The molecule has 0 unspecified atom stereocenters. The first-order valence-electron chi connectivity index (χ1n) is 7.16. The van der Waals surface area contributed by atoms with E-state index in [4.69, 9.17) is 0 Å². The predicted octanol–water partition coefficient (Wildman–Crippen LogP) is 1.68. The molecule has 0 saturated heterocycles. The van der Waals surface area contributed by atoms with Gasteiger partial charge in [0.25, 0.3) is 0 Å². The Morgan fingerprint density at radius 3 is 2.52 bits per heavy atom. The third kappa shape index (κ3) is 7.25. The summed E-state index contributed by atoms with van der Waals surface area (Å²) in [4.78, 5) is 34.0. The van der Waals surface area contributed by atoms with Gasteiger partial charge in [-0.05, 0) is 24.1 Å². The summed E-state index contributed by atoms with van der Waals surface area (Å²) >= 11 is 0. The minimum Gasteiger partial charge on any atom is -0.374 e. The monoisotopic (exact) mass is 324 g/mol. The number of halogens is 1. The molecule has 0 aliphatic heterocycles. The van der Waals surface area contributed by atoms with Crippen LogP contribution in [0.1, 0.15) is 20.8 Å². The maximum Gasteiger partial charge on any atom is 0.321 e. The predicted molar refractivity (Wildman–Crippen MR) is 85.6 cm³/mol. The molecule has 7 nitrogen and oxygen atoms in total. The number of urea groups is 1. The zero-order valence-electron chi connectivity index (χ0n) is 13.3. The molecule has 0 atom stereocenters. The second-order valence-corrected chi connectivity index (χ2v) is 5.38. The number of carbonyl (C=O) groups excluding carboxylic acids is 3. The van der Waals surface area contributed by atoms with Gasteiger partial charge in [-0.3, -0.25) is 14.9 Å². The molecule has 4 N–H and O–H groups in total. The van der Waals surface area contributed by atoms with Crippen LogP contribution in [-0.4, -0.2) is 30.9 Å². The van der Waals surface area contributed by atoms with E-state index in [9.17, 15) is 18.8 Å². The van der Waals surface area contributed by atoms with Gasteiger partial charge >= 0.3 is 6.03 Å². The average Bonchev–Trinajstić information content (AvgIpc) is 2.45. The summed E-state index contributed by atoms with van der Waals surface area (Å²) in [5.74, 6) is -1.20. The number of rotatable bonds is 6. The molecule has 0 fully saturated rings. The Morgan fingerprint density at radius 1 is 1.22 bits per heavy atom. The van der Waals surface area contributed by atoms with Crippen molar-refractivity contribution >= 4 is 29.2 Å². The molecule has 8 heteroatoms. The van der Waals surface area contributed by atoms with Crippen LogP contribution in [0.4, 0.5) is 20.6 Å². The van der Waals surface area contributed by atoms with Gasteiger partial charge in [-0.1, -0.05) is 13.8 Å². The molecule has 4 amide bonds. The largest absolute Gasteiger partial charge is 0.374 e. The first-order chi connectivity index (χ1) is 10.8. The van der Waals surface area contributed by atoms with Gasteiger partial charge < -0.3 is 16.0 Å². The van der Waals surface area contributed by atoms with Crippen LogP contribution in [-0.2, 0) is 9.59 Å². The van der Waals surface area contributed by atoms with Gasteiger partial charge in [-0.25, -0.2) is 9.18 Å². The molecule has 0 bridgehead atoms. The molecule has 0 radical (unpaired) electrons. The van der Waals surface area contributed by atoms with Gasteiger partial charge in [0.2, 0.25) is 11.8 Å². The van der Waals surface area contributed by atoms with Crippen LogP contribution >= 0.6 is 0 Å². The molecule has 0 aliphatic rings. The van der Waals surface area contributed by atoms with Crippen molar-refractivity contribution in [3.8, 4) is 0 Å². The summed E-state index contributed by atoms with van der Waals surface area (Å²) in [5, 5.41) is 9.75. The third-order valence-electron chi connectivity index (χ3n) is 2.65. The van der Waals surface area contributed by atoms with Gasteiger partial charge in [-0.2, -0.15) is 0 Å². The van der Waals surface area contributed by atoms with E-state index < -0.39 is 17.8 Å². The summed E-state index contributed by atoms with van der Waals surface area (Å²) in [7, 11) is 0. The van der Waals surface area contributed by atoms with E-state index in [0.717, 1.165) is 0 Å². The van der Waals surface area contributed by atoms with Crippen LogP contribution in [0, 0.1) is 11.7 Å². The minimum atomic E-state index is -0.601. The van der Waals surface area contributed by atoms with Crippen LogP contribution in [0.2, 0.25) is 0 Å². The average molecular weight is 324 g/mol. The highest BCUT2D eigenvalue weighted by atomic mass is 19.1. The Bertz CT molecular complexity index is 590. The molecular formula is C15H21FN4O3. The maximum atomic E-state index is 13.6. The van der Waals surface area contributed by atoms with Crippen molar-refractivity contribution in [2.75, 3.05) is 23.7 Å². The molecular weight excluding hydrogens is 303 g/mol. The van der Waals surface area contributed by atoms with Gasteiger partial charge in [0.05, 0.1) is 12.2 Å². The Hall–Kier alpha value is -2.64. The van der Waals surface area contributed by atoms with Crippen LogP contribution in [0.5, 0.6) is 0 Å². The van der Waals surface area contributed by atoms with E-state index in [1.54, 1.807) is 0 Å². The number of imide groups is 1. The molecule has 126 valence electrons. The van der Waals surface area contributed by atoms with Crippen LogP contribution in [0.25, 0.3) is 0 Å². The number of nitrogens with one attached hydrogen (secondary N) is 4. The Balaban J connectivity index is 2.52. The lowest BCUT2D eigenvalue weighted by Crippen LogP contribution is -2.43. The molecule has 1 rings (SSSR count). The third-order valence-corrected chi connectivity index (χ3v) is 2.65. The topological polar surface area (TPSA) is 99.3 Å². The molecule has 1 aromatic rings. The fourth-order valence-electron chi connectivity index (χ4n) is 1.63. The van der Waals surface area contributed by atoms with Gasteiger partial charge in [0.15, 0.2) is 0 Å². The van der Waals surface area contributed by atoms with E-state index in [1.807, 2.05) is 13.8 Å². The Morgan fingerprint density at radius 2 is 1.91 bits per heavy atom. The van der Waals surface area contributed by atoms with Crippen molar-refractivity contribution in [3.05, 3.63) is 24.0 Å². The number of benzene rings is 1. The lowest BCUT2D eigenvalue weighted by Gasteiger charge is -2.11. The lowest BCUT2D eigenvalue weighted by molar-refractivity contribution is -0.118. The molecule has 1 aromatic carbocycles. The standard InChI is InChI=1S/C15H21FN4O3/c1-9(2)7-18-15(23)20-14(22)8-17-13-6-11(19-10(3)21)4-5-12(13)16/h4-6,9,17H,7-8H2,1-3H3,(H,19,21)(H2,18,20,22,23). The van der Waals surface area contributed by atoms with Crippen molar-refractivity contribution in [2.24, 2.45) is 5.92 Å². The smallest absolute Gasteiger partial charge is 0.321 e. The number of hydrogen-bond donors (Lipinski definition) is 4. The molecule has 0 spiro atoms. The second-order valence-electron chi connectivity index (χ2n) is 5.38. The quantitative estimate of drug-likeness (QED) is 0.640. The summed E-state index contributed by atoms with van der Waals surface area (Å²) in [6, 6.07) is 3.34. The van der Waals surface area contributed by atoms with Crippen molar-refractivity contribution < 1.29 is 18.8 Å². The highest BCUT2D eigenvalue weighted by molar-refractivity contribution is 5.96. The lowest BCUT2D eigenvalue weighted by atomic mass is 10.2. The number of amides is 4. The molecule has 23 heavy (non-hydrogen) atoms. The summed E-state index contributed by atoms with van der Waals surface area (Å²) in [5.41, 5.74) is 0.450. The van der Waals surface area contributed by atoms with Crippen LogP contribution in [0.15, 0.2) is 18.2 Å². The van der Waals surface area contributed by atoms with Crippen molar-refractivity contribution in [1.82, 2.24) is 10.6 Å². The van der Waals surface area contributed by atoms with Crippen molar-refractivity contribution in [2.45, 2.75) is 20.8 Å². The van der Waals surface area contributed by atoms with Gasteiger partial charge in [0.1, 0.15) is 5.82 Å². The molecule has 0 saturated carbocycles. The van der Waals surface area contributed by atoms with Crippen molar-refractivity contribution in [3.63, 3.8) is 0 Å². The zero-order chi connectivity index (χ0) is 17.4. The zero-order valence-corrected chi connectivity index (χ0v) is 13.3. The molecule has 0 aromatic heterocycles. The molecule has 0 aliphatic carbocycles. The maximum absolute atomic E-state index is 13.6. The number of hydrogen-bond acceptors (Lipinski definition) is 4. The van der Waals surface area contributed by atoms with Gasteiger partial charge in [-0.15, -0.1) is 0 Å². The SMILES string of the molecule is CC(=O)Nc1ccc(F)c(NCC(=O)NC(=O)NCC(C)C)c1. The number of anilines is 2. The van der Waals surface area contributed by atoms with E-state index in [-0.39, 0.29) is 24.1 Å². The Kier molecular flexibility index (Phi) is 6.98. The van der Waals surface area contributed by atoms with Gasteiger partial charge in [0, 0.05) is 19.2 Å². The van der Waals surface area contributed by atoms with E-state index in [2.05, 4.69) is 21.3 Å². The second kappa shape index (κ2) is 8.72. The fraction of sp³-hybridized carbons (Fsp3) is 0.400. The van der Waals surface area contributed by atoms with E-state index in [0.29, 0.717) is 12.2 Å². The normalized spacial score (nSPS) is 10.1. The fourth-order valence-corrected chi connectivity index (χ4v) is 1.63. The molecule has 0 heterocycles. The van der Waals surface area contributed by atoms with Crippen molar-refractivity contribution in [1.29, 1.82) is 0 Å². The summed E-state index contributed by atoms with van der Waals surface area (Å²) in [6.07, 6.45) is 0. The summed E-state index contributed by atoms with van der Waals surface area (Å²) < 4.78 is 13.6. The Labute approximate surface area is 134 Å². The summed E-state index contributed by atoms with van der Waals surface area (Å²) in [6.45, 7) is 5.35. The first kappa shape index (κ1) is 18.4. The minimum absolute atomic E-state index is 0.0500. The van der Waals surface area contributed by atoms with E-state index in [1.165, 1.54) is 25.1 Å². The van der Waals surface area contributed by atoms with E-state index >= 15 is 0 Å². The first-order valence-corrected chi connectivity index (χ1v) is 7.16. The number of carbonyl (C=O) groups is 3. The highest BCUT2D eigenvalue weighted by Gasteiger charge is 2.10. The van der Waals surface area contributed by atoms with Crippen LogP contribution in [0.3, 0.4) is 0 Å². The van der Waals surface area contributed by atoms with Crippen LogP contribution < -0.4 is 21.3 Å². The highest BCUT2D eigenvalue weighted by Crippen LogP contribution is 2.19.